The van der Waals surface area contributed by atoms with Crippen molar-refractivity contribution in [2.45, 2.75) is 19.1 Å². The Morgan fingerprint density at radius 3 is 2.46 bits per heavy atom. The molecule has 136 valence electrons. The molecule has 0 aliphatic carbocycles. The van der Waals surface area contributed by atoms with Gasteiger partial charge < -0.3 is 10.1 Å². The summed E-state index contributed by atoms with van der Waals surface area (Å²) in [6, 6.07) is 14.2. The van der Waals surface area contributed by atoms with Gasteiger partial charge in [0.1, 0.15) is 6.61 Å². The van der Waals surface area contributed by atoms with Crippen LogP contribution in [0.5, 0.6) is 0 Å². The molecule has 2 rings (SSSR count). The number of ether oxygens (including phenoxy) is 1. The fraction of sp³-hybridized carbons (Fsp3) is 0.222. The predicted molar refractivity (Wildman–Crippen MR) is 99.2 cm³/mol. The van der Waals surface area contributed by atoms with Gasteiger partial charge in [0.15, 0.2) is 5.78 Å². The zero-order chi connectivity index (χ0) is 18.9. The minimum atomic E-state index is -0.877. The van der Waals surface area contributed by atoms with Gasteiger partial charge in [0.25, 0.3) is 5.69 Å². The van der Waals surface area contributed by atoms with Crippen LogP contribution in [0.3, 0.4) is 0 Å². The van der Waals surface area contributed by atoms with E-state index in [1.54, 1.807) is 6.07 Å². The number of carbonyl (C=O) groups is 2. The highest BCUT2D eigenvalue weighted by molar-refractivity contribution is 7.81. The van der Waals surface area contributed by atoms with E-state index in [4.69, 9.17) is 4.74 Å². The molecule has 0 radical (unpaired) electrons. The van der Waals surface area contributed by atoms with Gasteiger partial charge in [-0.1, -0.05) is 42.5 Å². The standard InChI is InChI=1S/C18H18N2O5S/c21-17(12-26)16(10-14-7-4-8-15(9-14)20(23)24)19-18(22)25-11-13-5-2-1-3-6-13/h1-9,16,26H,10-12H2,(H,19,22)/t16-/m0/s1. The summed E-state index contributed by atoms with van der Waals surface area (Å²) in [6.07, 6.45) is -0.624. The van der Waals surface area contributed by atoms with Gasteiger partial charge in [-0.15, -0.1) is 0 Å². The third-order valence-corrected chi connectivity index (χ3v) is 3.92. The predicted octanol–water partition coefficient (Wildman–Crippen LogP) is 2.93. The van der Waals surface area contributed by atoms with Gasteiger partial charge in [-0.2, -0.15) is 12.6 Å². The van der Waals surface area contributed by atoms with Crippen molar-refractivity contribution in [3.63, 3.8) is 0 Å². The lowest BCUT2D eigenvalue weighted by molar-refractivity contribution is -0.384. The number of nitrogens with one attached hydrogen (secondary N) is 1. The van der Waals surface area contributed by atoms with E-state index >= 15 is 0 Å². The number of rotatable bonds is 8. The van der Waals surface area contributed by atoms with Crippen LogP contribution in [-0.4, -0.2) is 28.6 Å². The highest BCUT2D eigenvalue weighted by atomic mass is 32.1. The smallest absolute Gasteiger partial charge is 0.408 e. The van der Waals surface area contributed by atoms with Gasteiger partial charge in [0.2, 0.25) is 0 Å². The maximum absolute atomic E-state index is 12.1. The number of benzene rings is 2. The Kier molecular flexibility index (Phi) is 7.16. The van der Waals surface area contributed by atoms with Crippen molar-refractivity contribution < 1.29 is 19.2 Å². The van der Waals surface area contributed by atoms with Gasteiger partial charge in [-0.3, -0.25) is 14.9 Å². The normalized spacial score (nSPS) is 11.4. The SMILES string of the molecule is O=C(N[C@@H](Cc1cccc([N+](=O)[O-])c1)C(=O)CS)OCc1ccccc1. The van der Waals surface area contributed by atoms with Crippen LogP contribution in [0.25, 0.3) is 0 Å². The van der Waals surface area contributed by atoms with E-state index in [0.29, 0.717) is 5.56 Å². The molecule has 0 aliphatic heterocycles. The number of nitrogens with zero attached hydrogens (tertiary/aromatic N) is 1. The number of Topliss-reactive ketones (excluding diaryl/α,β-unsaturated/α-hetero) is 1. The summed E-state index contributed by atoms with van der Waals surface area (Å²) in [5, 5.41) is 13.4. The first-order chi connectivity index (χ1) is 12.5. The molecule has 0 aromatic heterocycles. The largest absolute Gasteiger partial charge is 0.445 e. The van der Waals surface area contributed by atoms with Crippen molar-refractivity contribution in [3.8, 4) is 0 Å². The maximum atomic E-state index is 12.1. The Hall–Kier alpha value is -2.87. The van der Waals surface area contributed by atoms with Crippen LogP contribution in [0.2, 0.25) is 0 Å². The van der Waals surface area contributed by atoms with Crippen molar-refractivity contribution in [2.75, 3.05) is 5.75 Å². The van der Waals surface area contributed by atoms with E-state index in [9.17, 15) is 19.7 Å². The zero-order valence-electron chi connectivity index (χ0n) is 13.8. The number of nitro groups is 1. The number of carbonyl (C=O) groups excluding carboxylic acids is 2. The topological polar surface area (TPSA) is 98.5 Å². The molecule has 0 bridgehead atoms. The molecule has 0 aliphatic rings. The highest BCUT2D eigenvalue weighted by Crippen LogP contribution is 2.15. The number of alkyl carbamates (subject to hydrolysis) is 1. The summed E-state index contributed by atoms with van der Waals surface area (Å²) in [7, 11) is 0. The first-order valence-corrected chi connectivity index (χ1v) is 8.47. The Balaban J connectivity index is 2.00. The van der Waals surface area contributed by atoms with Gasteiger partial charge >= 0.3 is 6.09 Å². The molecule has 7 nitrogen and oxygen atoms in total. The van der Waals surface area contributed by atoms with Gasteiger partial charge in [-0.25, -0.2) is 4.79 Å². The number of thiol groups is 1. The second-order valence-electron chi connectivity index (χ2n) is 5.51. The quantitative estimate of drug-likeness (QED) is 0.420. The van der Waals surface area contributed by atoms with Crippen molar-refractivity contribution in [1.29, 1.82) is 0 Å². The lowest BCUT2D eigenvalue weighted by atomic mass is 10.0. The average molecular weight is 374 g/mol. The molecule has 0 heterocycles. The molecule has 2 aromatic carbocycles. The fourth-order valence-corrected chi connectivity index (χ4v) is 2.52. The number of non-ortho nitro benzene ring substituents is 1. The monoisotopic (exact) mass is 374 g/mol. The summed E-state index contributed by atoms with van der Waals surface area (Å²) in [5.41, 5.74) is 1.30. The molecule has 0 spiro atoms. The molecule has 0 saturated carbocycles. The fourth-order valence-electron chi connectivity index (χ4n) is 2.30. The van der Waals surface area contributed by atoms with E-state index in [1.165, 1.54) is 18.2 Å². The molecule has 0 fully saturated rings. The first kappa shape index (κ1) is 19.5. The summed E-state index contributed by atoms with van der Waals surface area (Å²) in [6.45, 7) is 0.0747. The number of hydrogen-bond donors (Lipinski definition) is 2. The zero-order valence-corrected chi connectivity index (χ0v) is 14.7. The van der Waals surface area contributed by atoms with Gasteiger partial charge in [-0.05, 0) is 11.1 Å². The Morgan fingerprint density at radius 1 is 1.12 bits per heavy atom. The van der Waals surface area contributed by atoms with Crippen LogP contribution in [0.4, 0.5) is 10.5 Å². The first-order valence-electron chi connectivity index (χ1n) is 7.83. The number of nitro benzene ring substituents is 1. The van der Waals surface area contributed by atoms with Gasteiger partial charge in [0.05, 0.1) is 16.7 Å². The van der Waals surface area contributed by atoms with Crippen molar-refractivity contribution >= 4 is 30.2 Å². The minimum Gasteiger partial charge on any atom is -0.445 e. The second kappa shape index (κ2) is 9.57. The number of amides is 1. The van der Waals surface area contributed by atoms with Crippen LogP contribution in [0, 0.1) is 10.1 Å². The lowest BCUT2D eigenvalue weighted by Crippen LogP contribution is -2.43. The lowest BCUT2D eigenvalue weighted by Gasteiger charge is -2.17. The van der Waals surface area contributed by atoms with E-state index < -0.39 is 17.1 Å². The maximum Gasteiger partial charge on any atom is 0.408 e. The third kappa shape index (κ3) is 5.89. The molecular weight excluding hydrogens is 356 g/mol. The van der Waals surface area contributed by atoms with E-state index in [2.05, 4.69) is 17.9 Å². The molecule has 0 unspecified atom stereocenters. The highest BCUT2D eigenvalue weighted by Gasteiger charge is 2.21. The Morgan fingerprint density at radius 2 is 1.81 bits per heavy atom. The summed E-state index contributed by atoms with van der Waals surface area (Å²) in [4.78, 5) is 34.4. The average Bonchev–Trinajstić information content (AvgIpc) is 2.66. The van der Waals surface area contributed by atoms with E-state index in [0.717, 1.165) is 5.56 Å². The Bertz CT molecular complexity index is 782. The van der Waals surface area contributed by atoms with Crippen LogP contribution < -0.4 is 5.32 Å². The third-order valence-electron chi connectivity index (χ3n) is 3.61. The van der Waals surface area contributed by atoms with Crippen LogP contribution in [0.1, 0.15) is 11.1 Å². The van der Waals surface area contributed by atoms with Crippen molar-refractivity contribution in [3.05, 3.63) is 75.8 Å². The molecule has 1 atom stereocenters. The van der Waals surface area contributed by atoms with Crippen LogP contribution in [0.15, 0.2) is 54.6 Å². The number of hydrogen-bond acceptors (Lipinski definition) is 6. The molecule has 8 heteroatoms. The molecule has 1 amide bonds. The summed E-state index contributed by atoms with van der Waals surface area (Å²) in [5.74, 6) is -0.380. The van der Waals surface area contributed by atoms with Gasteiger partial charge in [0, 0.05) is 18.6 Å². The second-order valence-corrected chi connectivity index (χ2v) is 5.83. The van der Waals surface area contributed by atoms with E-state index in [-0.39, 0.29) is 30.3 Å². The van der Waals surface area contributed by atoms with Crippen molar-refractivity contribution in [1.82, 2.24) is 5.32 Å². The summed E-state index contributed by atoms with van der Waals surface area (Å²) >= 11 is 3.96. The van der Waals surface area contributed by atoms with Crippen LogP contribution in [-0.2, 0) is 22.6 Å². The molecule has 26 heavy (non-hydrogen) atoms. The molecule has 1 N–H and O–H groups in total. The Labute approximate surface area is 155 Å². The van der Waals surface area contributed by atoms with Crippen molar-refractivity contribution in [2.24, 2.45) is 0 Å². The van der Waals surface area contributed by atoms with E-state index in [1.807, 2.05) is 30.3 Å². The van der Waals surface area contributed by atoms with Crippen LogP contribution >= 0.6 is 12.6 Å². The molecular formula is C18H18N2O5S. The molecule has 0 saturated heterocycles. The number of ketones is 1. The molecule has 2 aromatic rings. The summed E-state index contributed by atoms with van der Waals surface area (Å²) < 4.78 is 5.12. The minimum absolute atomic E-state index is 0.0709.